The number of pyridine rings is 1. The van der Waals surface area contributed by atoms with Crippen LogP contribution in [0.15, 0.2) is 24.5 Å². The van der Waals surface area contributed by atoms with Crippen molar-refractivity contribution in [2.75, 3.05) is 0 Å². The molecule has 0 aliphatic heterocycles. The first-order valence-electron chi connectivity index (χ1n) is 4.42. The van der Waals surface area contributed by atoms with Crippen molar-refractivity contribution < 1.29 is 0 Å². The summed E-state index contributed by atoms with van der Waals surface area (Å²) in [6, 6.07) is 3.81. The van der Waals surface area contributed by atoms with E-state index >= 15 is 0 Å². The van der Waals surface area contributed by atoms with Gasteiger partial charge >= 0.3 is 0 Å². The van der Waals surface area contributed by atoms with E-state index in [1.54, 1.807) is 0 Å². The first-order valence-corrected chi connectivity index (χ1v) is 4.80. The zero-order chi connectivity index (χ0) is 9.26. The molecule has 0 saturated carbocycles. The van der Waals surface area contributed by atoms with Gasteiger partial charge in [-0.2, -0.15) is 0 Å². The Balaban J connectivity index is 2.55. The molecule has 0 aliphatic carbocycles. The quantitative estimate of drug-likeness (QED) is 0.719. The molecular formula is C10H11ClN2. The monoisotopic (exact) mass is 194 g/mol. The smallest absolute Gasteiger partial charge is 0.113 e. The van der Waals surface area contributed by atoms with E-state index in [1.165, 1.54) is 0 Å². The van der Waals surface area contributed by atoms with Crippen LogP contribution in [0, 0.1) is 0 Å². The third kappa shape index (κ3) is 1.54. The summed E-state index contributed by atoms with van der Waals surface area (Å²) in [4.78, 5) is 4.33. The number of fused-ring (bicyclic) bond motifs is 1. The molecule has 0 amide bonds. The van der Waals surface area contributed by atoms with Crippen molar-refractivity contribution in [2.45, 2.75) is 19.8 Å². The van der Waals surface area contributed by atoms with Crippen LogP contribution in [0.3, 0.4) is 0 Å². The Bertz CT molecular complexity index is 420. The van der Waals surface area contributed by atoms with Crippen molar-refractivity contribution in [1.82, 2.24) is 9.38 Å². The second-order valence-corrected chi connectivity index (χ2v) is 3.50. The lowest BCUT2D eigenvalue weighted by atomic mass is 10.3. The molecule has 0 N–H and O–H groups in total. The minimum atomic E-state index is 0.760. The zero-order valence-corrected chi connectivity index (χ0v) is 8.25. The molecule has 0 aliphatic rings. The number of halogens is 1. The molecule has 0 aromatic carbocycles. The molecule has 2 aromatic heterocycles. The van der Waals surface area contributed by atoms with E-state index in [-0.39, 0.29) is 0 Å². The maximum atomic E-state index is 5.86. The van der Waals surface area contributed by atoms with Gasteiger partial charge < -0.3 is 4.40 Å². The third-order valence-corrected chi connectivity index (χ3v) is 2.28. The molecule has 13 heavy (non-hydrogen) atoms. The Morgan fingerprint density at radius 2 is 2.38 bits per heavy atom. The highest BCUT2D eigenvalue weighted by Gasteiger charge is 2.01. The summed E-state index contributed by atoms with van der Waals surface area (Å²) >= 11 is 5.86. The number of aryl methyl sites for hydroxylation is 1. The van der Waals surface area contributed by atoms with Gasteiger partial charge in [0.2, 0.25) is 0 Å². The standard InChI is InChI=1S/C10H11ClN2/c1-2-3-10-12-7-9-6-8(11)4-5-13(9)10/h4-7H,2-3H2,1H3. The SMILES string of the molecule is CCCc1ncc2cc(Cl)ccn12. The third-order valence-electron chi connectivity index (χ3n) is 2.04. The first-order chi connectivity index (χ1) is 6.31. The Morgan fingerprint density at radius 1 is 1.54 bits per heavy atom. The Kier molecular flexibility index (Phi) is 2.23. The summed E-state index contributed by atoms with van der Waals surface area (Å²) in [5, 5.41) is 0.760. The number of hydrogen-bond donors (Lipinski definition) is 0. The van der Waals surface area contributed by atoms with E-state index in [4.69, 9.17) is 11.6 Å². The minimum Gasteiger partial charge on any atom is -0.304 e. The van der Waals surface area contributed by atoms with Gasteiger partial charge in [-0.15, -0.1) is 0 Å². The maximum absolute atomic E-state index is 5.86. The largest absolute Gasteiger partial charge is 0.304 e. The van der Waals surface area contributed by atoms with Crippen LogP contribution in [0.5, 0.6) is 0 Å². The fourth-order valence-corrected chi connectivity index (χ4v) is 1.60. The van der Waals surface area contributed by atoms with Gasteiger partial charge in [0.05, 0.1) is 11.7 Å². The van der Waals surface area contributed by atoms with Crippen molar-refractivity contribution >= 4 is 17.1 Å². The highest BCUT2D eigenvalue weighted by Crippen LogP contribution is 2.14. The summed E-state index contributed by atoms with van der Waals surface area (Å²) in [5.41, 5.74) is 1.07. The molecule has 2 aromatic rings. The lowest BCUT2D eigenvalue weighted by Gasteiger charge is -1.98. The molecule has 2 rings (SSSR count). The zero-order valence-electron chi connectivity index (χ0n) is 7.50. The van der Waals surface area contributed by atoms with Gasteiger partial charge in [-0.25, -0.2) is 4.98 Å². The highest BCUT2D eigenvalue weighted by atomic mass is 35.5. The molecule has 2 nitrogen and oxygen atoms in total. The van der Waals surface area contributed by atoms with Gasteiger partial charge in [-0.1, -0.05) is 18.5 Å². The topological polar surface area (TPSA) is 17.3 Å². The lowest BCUT2D eigenvalue weighted by Crippen LogP contribution is -1.92. The van der Waals surface area contributed by atoms with Crippen LogP contribution in [-0.4, -0.2) is 9.38 Å². The fourth-order valence-electron chi connectivity index (χ4n) is 1.44. The Labute approximate surface area is 82.2 Å². The van der Waals surface area contributed by atoms with Crippen molar-refractivity contribution in [3.05, 3.63) is 35.4 Å². The second kappa shape index (κ2) is 3.38. The summed E-state index contributed by atoms with van der Waals surface area (Å²) in [5.74, 6) is 1.11. The average molecular weight is 195 g/mol. The van der Waals surface area contributed by atoms with Crippen LogP contribution in [-0.2, 0) is 6.42 Å². The van der Waals surface area contributed by atoms with Crippen molar-refractivity contribution in [1.29, 1.82) is 0 Å². The normalized spacial score (nSPS) is 10.9. The summed E-state index contributed by atoms with van der Waals surface area (Å²) in [7, 11) is 0. The first kappa shape index (κ1) is 8.57. The van der Waals surface area contributed by atoms with Gasteiger partial charge in [0, 0.05) is 17.6 Å². The van der Waals surface area contributed by atoms with Crippen LogP contribution in [0.4, 0.5) is 0 Å². The van der Waals surface area contributed by atoms with Crippen molar-refractivity contribution in [2.24, 2.45) is 0 Å². The van der Waals surface area contributed by atoms with Crippen molar-refractivity contribution in [3.8, 4) is 0 Å². The number of nitrogens with zero attached hydrogens (tertiary/aromatic N) is 2. The van der Waals surface area contributed by atoms with E-state index in [1.807, 2.05) is 24.5 Å². The predicted octanol–water partition coefficient (Wildman–Crippen LogP) is 2.94. The fraction of sp³-hybridized carbons (Fsp3) is 0.300. The van der Waals surface area contributed by atoms with Gasteiger partial charge in [0.1, 0.15) is 5.82 Å². The molecule has 0 radical (unpaired) electrons. The van der Waals surface area contributed by atoms with E-state index < -0.39 is 0 Å². The van der Waals surface area contributed by atoms with Crippen LogP contribution >= 0.6 is 11.6 Å². The van der Waals surface area contributed by atoms with Gasteiger partial charge in [0.15, 0.2) is 0 Å². The molecule has 0 bridgehead atoms. The van der Waals surface area contributed by atoms with Crippen LogP contribution in [0.1, 0.15) is 19.2 Å². The molecule has 0 spiro atoms. The number of rotatable bonds is 2. The van der Waals surface area contributed by atoms with E-state index in [2.05, 4.69) is 16.3 Å². The number of aromatic nitrogens is 2. The van der Waals surface area contributed by atoms with E-state index in [0.29, 0.717) is 0 Å². The minimum absolute atomic E-state index is 0.760. The lowest BCUT2D eigenvalue weighted by molar-refractivity contribution is 0.831. The summed E-state index contributed by atoms with van der Waals surface area (Å²) in [6.45, 7) is 2.15. The van der Waals surface area contributed by atoms with E-state index in [0.717, 1.165) is 29.2 Å². The van der Waals surface area contributed by atoms with Gasteiger partial charge in [-0.3, -0.25) is 0 Å². The maximum Gasteiger partial charge on any atom is 0.113 e. The van der Waals surface area contributed by atoms with Crippen LogP contribution in [0.25, 0.3) is 5.52 Å². The van der Waals surface area contributed by atoms with Crippen LogP contribution < -0.4 is 0 Å². The molecule has 0 saturated heterocycles. The molecule has 0 fully saturated rings. The molecule has 0 unspecified atom stereocenters. The molecular weight excluding hydrogens is 184 g/mol. The van der Waals surface area contributed by atoms with Crippen LogP contribution in [0.2, 0.25) is 5.02 Å². The predicted molar refractivity (Wildman–Crippen MR) is 54.2 cm³/mol. The number of imidazole rings is 1. The Morgan fingerprint density at radius 3 is 3.15 bits per heavy atom. The second-order valence-electron chi connectivity index (χ2n) is 3.06. The molecule has 3 heteroatoms. The Hall–Kier alpha value is -1.02. The summed E-state index contributed by atoms with van der Waals surface area (Å²) in [6.07, 6.45) is 5.95. The van der Waals surface area contributed by atoms with Crippen molar-refractivity contribution in [3.63, 3.8) is 0 Å². The average Bonchev–Trinajstić information content (AvgIpc) is 2.49. The van der Waals surface area contributed by atoms with Gasteiger partial charge in [-0.05, 0) is 18.6 Å². The molecule has 2 heterocycles. The number of hydrogen-bond acceptors (Lipinski definition) is 1. The summed E-state index contributed by atoms with van der Waals surface area (Å²) < 4.78 is 2.08. The molecule has 68 valence electrons. The van der Waals surface area contributed by atoms with E-state index in [9.17, 15) is 0 Å². The van der Waals surface area contributed by atoms with Gasteiger partial charge in [0.25, 0.3) is 0 Å². The molecule has 0 atom stereocenters. The highest BCUT2D eigenvalue weighted by molar-refractivity contribution is 6.30.